The third kappa shape index (κ3) is 5.07. The van der Waals surface area contributed by atoms with E-state index in [4.69, 9.17) is 0 Å². The van der Waals surface area contributed by atoms with E-state index >= 15 is 0 Å². The highest BCUT2D eigenvalue weighted by Crippen LogP contribution is 2.33. The first kappa shape index (κ1) is 14.3. The second-order valence-electron chi connectivity index (χ2n) is 6.26. The van der Waals surface area contributed by atoms with Crippen LogP contribution < -0.4 is 5.32 Å². The van der Waals surface area contributed by atoms with Crippen molar-refractivity contribution in [3.8, 4) is 0 Å². The molecule has 1 aliphatic heterocycles. The number of hydrogen-bond donors (Lipinski definition) is 2. The molecular formula is C13H27NOS. The highest BCUT2D eigenvalue weighted by atomic mass is 32.2. The smallest absolute Gasteiger partial charge is 0.0584 e. The topological polar surface area (TPSA) is 32.3 Å². The van der Waals surface area contributed by atoms with Gasteiger partial charge < -0.3 is 10.4 Å². The van der Waals surface area contributed by atoms with Crippen molar-refractivity contribution < 1.29 is 5.11 Å². The van der Waals surface area contributed by atoms with Gasteiger partial charge in [0.1, 0.15) is 0 Å². The van der Waals surface area contributed by atoms with Crippen molar-refractivity contribution in [3.63, 3.8) is 0 Å². The van der Waals surface area contributed by atoms with Gasteiger partial charge in [-0.05, 0) is 29.9 Å². The first-order valence-corrected chi connectivity index (χ1v) is 7.53. The molecule has 0 aromatic rings. The van der Waals surface area contributed by atoms with Crippen molar-refractivity contribution in [3.05, 3.63) is 0 Å². The Hall–Kier alpha value is 0.270. The van der Waals surface area contributed by atoms with E-state index in [0.717, 1.165) is 6.42 Å². The van der Waals surface area contributed by atoms with Crippen molar-refractivity contribution >= 4 is 11.8 Å². The summed E-state index contributed by atoms with van der Waals surface area (Å²) in [6.07, 6.45) is 2.30. The average Bonchev–Trinajstić information content (AvgIpc) is 2.14. The summed E-state index contributed by atoms with van der Waals surface area (Å²) in [4.78, 5) is 0. The first-order chi connectivity index (χ1) is 7.43. The molecule has 0 radical (unpaired) electrons. The zero-order valence-electron chi connectivity index (χ0n) is 11.1. The summed E-state index contributed by atoms with van der Waals surface area (Å²) in [7, 11) is 0. The minimum absolute atomic E-state index is 0.264. The lowest BCUT2D eigenvalue weighted by atomic mass is 9.87. The Morgan fingerprint density at radius 3 is 2.62 bits per heavy atom. The van der Waals surface area contributed by atoms with Gasteiger partial charge in [0, 0.05) is 17.8 Å². The van der Waals surface area contributed by atoms with Crippen LogP contribution in [0.2, 0.25) is 0 Å². The molecule has 0 aromatic carbocycles. The minimum atomic E-state index is 0.264. The molecule has 1 fully saturated rings. The van der Waals surface area contributed by atoms with Gasteiger partial charge in [-0.3, -0.25) is 0 Å². The van der Waals surface area contributed by atoms with Crippen LogP contribution in [0, 0.1) is 11.3 Å². The predicted octanol–water partition coefficient (Wildman–Crippen LogP) is 2.51. The maximum atomic E-state index is 9.37. The number of thioether (sulfide) groups is 1. The van der Waals surface area contributed by atoms with Gasteiger partial charge in [-0.25, -0.2) is 0 Å². The lowest BCUT2D eigenvalue weighted by Gasteiger charge is -2.37. The summed E-state index contributed by atoms with van der Waals surface area (Å²) in [5.41, 5.74) is 0.443. The van der Waals surface area contributed by atoms with Gasteiger partial charge in [-0.15, -0.1) is 0 Å². The summed E-state index contributed by atoms with van der Waals surface area (Å²) in [6, 6.07) is 0.851. The first-order valence-electron chi connectivity index (χ1n) is 6.37. The third-order valence-electron chi connectivity index (χ3n) is 3.06. The minimum Gasteiger partial charge on any atom is -0.395 e. The summed E-state index contributed by atoms with van der Waals surface area (Å²) >= 11 is 2.04. The highest BCUT2D eigenvalue weighted by molar-refractivity contribution is 7.99. The van der Waals surface area contributed by atoms with Crippen LogP contribution in [-0.4, -0.2) is 35.3 Å². The van der Waals surface area contributed by atoms with Crippen LogP contribution in [0.3, 0.4) is 0 Å². The SMILES string of the molecule is CC(C)CC(CO)NC1CSCC(C)(C)C1. The van der Waals surface area contributed by atoms with Crippen molar-refractivity contribution in [2.24, 2.45) is 11.3 Å². The van der Waals surface area contributed by atoms with Gasteiger partial charge >= 0.3 is 0 Å². The number of nitrogens with one attached hydrogen (secondary N) is 1. The second-order valence-corrected chi connectivity index (χ2v) is 7.29. The Kier molecular flexibility index (Phi) is 5.62. The van der Waals surface area contributed by atoms with E-state index < -0.39 is 0 Å². The van der Waals surface area contributed by atoms with Gasteiger partial charge in [0.25, 0.3) is 0 Å². The van der Waals surface area contributed by atoms with Gasteiger partial charge in [-0.2, -0.15) is 11.8 Å². The second kappa shape index (κ2) is 6.27. The molecule has 2 unspecified atom stereocenters. The molecule has 0 saturated carbocycles. The molecule has 1 rings (SSSR count). The molecular weight excluding hydrogens is 218 g/mol. The van der Waals surface area contributed by atoms with Crippen LogP contribution in [-0.2, 0) is 0 Å². The predicted molar refractivity (Wildman–Crippen MR) is 73.0 cm³/mol. The molecule has 0 aliphatic carbocycles. The standard InChI is InChI=1S/C13H27NOS/c1-10(2)5-11(7-15)14-12-6-13(3,4)9-16-8-12/h10-12,14-15H,5-9H2,1-4H3. The average molecular weight is 245 g/mol. The van der Waals surface area contributed by atoms with Crippen molar-refractivity contribution in [1.29, 1.82) is 0 Å². The normalized spacial score (nSPS) is 27.0. The Balaban J connectivity index is 2.39. The van der Waals surface area contributed by atoms with Crippen LogP contribution in [0.1, 0.15) is 40.5 Å². The monoisotopic (exact) mass is 245 g/mol. The van der Waals surface area contributed by atoms with Crippen LogP contribution >= 0.6 is 11.8 Å². The number of hydrogen-bond acceptors (Lipinski definition) is 3. The Bertz CT molecular complexity index is 206. The molecule has 1 heterocycles. The lowest BCUT2D eigenvalue weighted by molar-refractivity contribution is 0.201. The van der Waals surface area contributed by atoms with Gasteiger partial charge in [0.15, 0.2) is 0 Å². The van der Waals surface area contributed by atoms with Crippen molar-refractivity contribution in [2.75, 3.05) is 18.1 Å². The molecule has 16 heavy (non-hydrogen) atoms. The van der Waals surface area contributed by atoms with Crippen LogP contribution in [0.15, 0.2) is 0 Å². The van der Waals surface area contributed by atoms with Gasteiger partial charge in [-0.1, -0.05) is 27.7 Å². The van der Waals surface area contributed by atoms with Crippen LogP contribution in [0.25, 0.3) is 0 Å². The summed E-state index contributed by atoms with van der Waals surface area (Å²) in [6.45, 7) is 9.36. The van der Waals surface area contributed by atoms with Gasteiger partial charge in [0.05, 0.1) is 6.61 Å². The Morgan fingerprint density at radius 2 is 2.12 bits per heavy atom. The van der Waals surface area contributed by atoms with E-state index in [-0.39, 0.29) is 12.6 Å². The number of aliphatic hydroxyl groups is 1. The Labute approximate surface area is 105 Å². The van der Waals surface area contributed by atoms with Crippen molar-refractivity contribution in [1.82, 2.24) is 5.32 Å². The molecule has 1 aliphatic rings. The fourth-order valence-corrected chi connectivity index (χ4v) is 3.75. The number of rotatable bonds is 5. The quantitative estimate of drug-likeness (QED) is 0.780. The van der Waals surface area contributed by atoms with Crippen molar-refractivity contribution in [2.45, 2.75) is 52.6 Å². The van der Waals surface area contributed by atoms with Crippen LogP contribution in [0.5, 0.6) is 0 Å². The largest absolute Gasteiger partial charge is 0.395 e. The zero-order valence-corrected chi connectivity index (χ0v) is 11.9. The van der Waals surface area contributed by atoms with E-state index in [2.05, 4.69) is 33.0 Å². The summed E-state index contributed by atoms with van der Waals surface area (Å²) < 4.78 is 0. The maximum Gasteiger partial charge on any atom is 0.0584 e. The van der Waals surface area contributed by atoms with E-state index in [1.807, 2.05) is 11.8 Å². The fraction of sp³-hybridized carbons (Fsp3) is 1.00. The molecule has 2 N–H and O–H groups in total. The fourth-order valence-electron chi connectivity index (χ4n) is 2.47. The van der Waals surface area contributed by atoms with E-state index in [1.54, 1.807) is 0 Å². The molecule has 3 heteroatoms. The molecule has 0 spiro atoms. The van der Waals surface area contributed by atoms with Crippen LogP contribution in [0.4, 0.5) is 0 Å². The highest BCUT2D eigenvalue weighted by Gasteiger charge is 2.29. The molecule has 0 aromatic heterocycles. The maximum absolute atomic E-state index is 9.37. The van der Waals surface area contributed by atoms with E-state index in [0.29, 0.717) is 17.4 Å². The van der Waals surface area contributed by atoms with E-state index in [9.17, 15) is 5.11 Å². The summed E-state index contributed by atoms with van der Waals surface area (Å²) in [5.74, 6) is 3.10. The van der Waals surface area contributed by atoms with Gasteiger partial charge in [0.2, 0.25) is 0 Å². The molecule has 0 amide bonds. The third-order valence-corrected chi connectivity index (χ3v) is 4.68. The zero-order chi connectivity index (χ0) is 12.2. The molecule has 2 atom stereocenters. The molecule has 1 saturated heterocycles. The molecule has 0 bridgehead atoms. The Morgan fingerprint density at radius 1 is 1.44 bits per heavy atom. The summed E-state index contributed by atoms with van der Waals surface area (Å²) in [5, 5.41) is 13.0. The molecule has 96 valence electrons. The lowest BCUT2D eigenvalue weighted by Crippen LogP contribution is -2.47. The molecule has 2 nitrogen and oxygen atoms in total. The number of aliphatic hydroxyl groups excluding tert-OH is 1. The van der Waals surface area contributed by atoms with E-state index in [1.165, 1.54) is 17.9 Å².